The summed E-state index contributed by atoms with van der Waals surface area (Å²) in [6, 6.07) is -1.01. The van der Waals surface area contributed by atoms with Gasteiger partial charge in [0.05, 0.1) is 25.4 Å². The Kier molecular flexibility index (Phi) is 27.8. The number of ether oxygens (including phenoxy) is 2. The lowest BCUT2D eigenvalue weighted by molar-refractivity contribution is -0.302. The summed E-state index contributed by atoms with van der Waals surface area (Å²) in [6.07, 6.45) is 24.0. The van der Waals surface area contributed by atoms with E-state index in [1.54, 1.807) is 12.2 Å². The zero-order valence-electron chi connectivity index (χ0n) is 30.5. The Morgan fingerprint density at radius 2 is 1.24 bits per heavy atom. The summed E-state index contributed by atoms with van der Waals surface area (Å²) >= 11 is 0. The average molecular weight is 698 g/mol. The monoisotopic (exact) mass is 698 g/mol. The molecular weight excluding hydrogens is 626 g/mol. The van der Waals surface area contributed by atoms with E-state index in [1.165, 1.54) is 89.9 Å². The molecule has 49 heavy (non-hydrogen) atoms. The van der Waals surface area contributed by atoms with Gasteiger partial charge < -0.3 is 45.4 Å². The highest BCUT2D eigenvalue weighted by Crippen LogP contribution is 2.22. The van der Waals surface area contributed by atoms with Gasteiger partial charge in [-0.1, -0.05) is 140 Å². The number of allylic oxidation sites excluding steroid dienone is 4. The highest BCUT2D eigenvalue weighted by Gasteiger charge is 2.44. The summed E-state index contributed by atoms with van der Waals surface area (Å²) in [5, 5.41) is 64.1. The number of hydrogen-bond donors (Lipinski definition) is 7. The first-order valence-corrected chi connectivity index (χ1v) is 19.3. The highest BCUT2D eigenvalue weighted by molar-refractivity contribution is 5.81. The lowest BCUT2D eigenvalue weighted by Gasteiger charge is -2.40. The minimum Gasteiger partial charge on any atom is -0.394 e. The van der Waals surface area contributed by atoms with Gasteiger partial charge in [0, 0.05) is 6.42 Å². The van der Waals surface area contributed by atoms with Gasteiger partial charge in [-0.2, -0.15) is 0 Å². The van der Waals surface area contributed by atoms with E-state index in [0.29, 0.717) is 6.42 Å². The Labute approximate surface area is 296 Å². The summed E-state index contributed by atoms with van der Waals surface area (Å²) < 4.78 is 11.0. The van der Waals surface area contributed by atoms with Crippen LogP contribution in [0.1, 0.15) is 142 Å². The molecule has 0 saturated carbocycles. The maximum absolute atomic E-state index is 12.9. The standard InChI is InChI=1S/C39H71NO9/c1-3-5-7-9-11-13-15-17-19-21-23-25-27-32(42)31(30-48-39-37(46)36(45)35(44)34(29-41)49-39)40-38(47)33(43)28-26-24-22-20-18-16-14-12-10-8-6-4-2/h18,20,24-27,31-37,39,41-46H,3-17,19,21-23,28-30H2,1-2H3,(H,40,47)/b20-18-,26-24-,27-25+. The van der Waals surface area contributed by atoms with Crippen molar-refractivity contribution in [3.63, 3.8) is 0 Å². The van der Waals surface area contributed by atoms with Crippen LogP contribution in [0.4, 0.5) is 0 Å². The first-order valence-electron chi connectivity index (χ1n) is 19.3. The van der Waals surface area contributed by atoms with Crippen molar-refractivity contribution in [1.82, 2.24) is 5.32 Å². The van der Waals surface area contributed by atoms with Crippen molar-refractivity contribution in [3.05, 3.63) is 36.5 Å². The number of aliphatic hydroxyl groups is 6. The molecule has 1 aliphatic heterocycles. The van der Waals surface area contributed by atoms with E-state index in [1.807, 2.05) is 12.2 Å². The molecule has 1 fully saturated rings. The zero-order valence-corrected chi connectivity index (χ0v) is 30.5. The minimum atomic E-state index is -1.62. The molecule has 286 valence electrons. The molecule has 0 spiro atoms. The van der Waals surface area contributed by atoms with Crippen molar-refractivity contribution < 1.29 is 44.9 Å². The number of unbranched alkanes of at least 4 members (excludes halogenated alkanes) is 16. The van der Waals surface area contributed by atoms with Crippen LogP contribution < -0.4 is 5.32 Å². The summed E-state index contributed by atoms with van der Waals surface area (Å²) in [5.74, 6) is -0.687. The lowest BCUT2D eigenvalue weighted by Crippen LogP contribution is -2.60. The molecule has 7 N–H and O–H groups in total. The molecular formula is C39H71NO9. The number of aliphatic hydroxyl groups excluding tert-OH is 6. The third kappa shape index (κ3) is 21.4. The van der Waals surface area contributed by atoms with E-state index in [0.717, 1.165) is 25.7 Å². The van der Waals surface area contributed by atoms with Crippen LogP contribution in [0.25, 0.3) is 0 Å². The number of carbonyl (C=O) groups is 1. The molecule has 1 rings (SSSR count). The topological polar surface area (TPSA) is 169 Å². The van der Waals surface area contributed by atoms with Gasteiger partial charge in [-0.15, -0.1) is 0 Å². The fourth-order valence-electron chi connectivity index (χ4n) is 5.79. The molecule has 10 nitrogen and oxygen atoms in total. The van der Waals surface area contributed by atoms with E-state index in [-0.39, 0.29) is 13.0 Å². The highest BCUT2D eigenvalue weighted by atomic mass is 16.7. The molecule has 1 amide bonds. The quantitative estimate of drug-likeness (QED) is 0.0378. The molecule has 1 heterocycles. The van der Waals surface area contributed by atoms with Crippen LogP contribution in [-0.2, 0) is 14.3 Å². The third-order valence-corrected chi connectivity index (χ3v) is 9.08. The molecule has 0 bridgehead atoms. The van der Waals surface area contributed by atoms with Crippen molar-refractivity contribution in [1.29, 1.82) is 0 Å². The number of amides is 1. The number of hydrogen-bond acceptors (Lipinski definition) is 9. The Balaban J connectivity index is 2.59. The number of carbonyl (C=O) groups excluding carboxylic acids is 1. The van der Waals surface area contributed by atoms with E-state index in [9.17, 15) is 35.4 Å². The predicted molar refractivity (Wildman–Crippen MR) is 195 cm³/mol. The van der Waals surface area contributed by atoms with Crippen LogP contribution in [-0.4, -0.2) is 98.7 Å². The van der Waals surface area contributed by atoms with E-state index in [4.69, 9.17) is 9.47 Å². The molecule has 0 aromatic rings. The maximum Gasteiger partial charge on any atom is 0.249 e. The normalized spacial score (nSPS) is 23.5. The van der Waals surface area contributed by atoms with Crippen molar-refractivity contribution in [2.24, 2.45) is 0 Å². The molecule has 1 saturated heterocycles. The van der Waals surface area contributed by atoms with E-state index in [2.05, 4.69) is 31.3 Å². The number of rotatable bonds is 30. The minimum absolute atomic E-state index is 0.0993. The van der Waals surface area contributed by atoms with Crippen molar-refractivity contribution in [2.45, 2.75) is 191 Å². The molecule has 0 radical (unpaired) electrons. The van der Waals surface area contributed by atoms with Gasteiger partial charge >= 0.3 is 0 Å². The van der Waals surface area contributed by atoms with Crippen molar-refractivity contribution in [2.75, 3.05) is 13.2 Å². The van der Waals surface area contributed by atoms with Crippen LogP contribution >= 0.6 is 0 Å². The summed E-state index contributed by atoms with van der Waals surface area (Å²) in [5.41, 5.74) is 0. The second-order valence-corrected chi connectivity index (χ2v) is 13.5. The SMILES string of the molecule is CCCCCCCC/C=C\C/C=C\CC(O)C(=O)NC(COC1OC(CO)C(O)C(O)C1O)C(O)/C=C/CCCCCCCCCCCC. The van der Waals surface area contributed by atoms with Crippen molar-refractivity contribution >= 4 is 5.91 Å². The average Bonchev–Trinajstić information content (AvgIpc) is 3.10. The summed E-state index contributed by atoms with van der Waals surface area (Å²) in [6.45, 7) is 3.51. The van der Waals surface area contributed by atoms with Crippen LogP contribution in [0.3, 0.4) is 0 Å². The Morgan fingerprint density at radius 3 is 1.82 bits per heavy atom. The molecule has 10 heteroatoms. The second-order valence-electron chi connectivity index (χ2n) is 13.5. The van der Waals surface area contributed by atoms with E-state index < -0.39 is 61.5 Å². The fourth-order valence-corrected chi connectivity index (χ4v) is 5.79. The first kappa shape index (κ1) is 45.4. The Hall–Kier alpha value is -1.63. The van der Waals surface area contributed by atoms with Gasteiger partial charge in [-0.3, -0.25) is 4.79 Å². The van der Waals surface area contributed by atoms with Crippen LogP contribution in [0.2, 0.25) is 0 Å². The molecule has 8 atom stereocenters. The van der Waals surface area contributed by atoms with Gasteiger partial charge in [-0.05, 0) is 32.1 Å². The first-order chi connectivity index (χ1) is 23.8. The van der Waals surface area contributed by atoms with Gasteiger partial charge in [0.1, 0.15) is 30.5 Å². The Morgan fingerprint density at radius 1 is 0.714 bits per heavy atom. The predicted octanol–water partition coefficient (Wildman–Crippen LogP) is 5.52. The molecule has 8 unspecified atom stereocenters. The van der Waals surface area contributed by atoms with Crippen molar-refractivity contribution in [3.8, 4) is 0 Å². The van der Waals surface area contributed by atoms with Crippen LogP contribution in [0.5, 0.6) is 0 Å². The molecule has 0 aromatic heterocycles. The van der Waals surface area contributed by atoms with Gasteiger partial charge in [0.15, 0.2) is 6.29 Å². The molecule has 1 aliphatic rings. The van der Waals surface area contributed by atoms with Crippen LogP contribution in [0.15, 0.2) is 36.5 Å². The fraction of sp³-hybridized carbons (Fsp3) is 0.821. The van der Waals surface area contributed by atoms with E-state index >= 15 is 0 Å². The molecule has 0 aromatic carbocycles. The van der Waals surface area contributed by atoms with Crippen LogP contribution in [0, 0.1) is 0 Å². The van der Waals surface area contributed by atoms with Gasteiger partial charge in [0.2, 0.25) is 5.91 Å². The third-order valence-electron chi connectivity index (χ3n) is 9.08. The maximum atomic E-state index is 12.9. The zero-order chi connectivity index (χ0) is 36.1. The largest absolute Gasteiger partial charge is 0.394 e. The van der Waals surface area contributed by atoms with Gasteiger partial charge in [-0.25, -0.2) is 0 Å². The lowest BCUT2D eigenvalue weighted by atomic mass is 9.99. The Bertz CT molecular complexity index is 881. The summed E-state index contributed by atoms with van der Waals surface area (Å²) in [4.78, 5) is 12.9. The smallest absolute Gasteiger partial charge is 0.249 e. The van der Waals surface area contributed by atoms with Gasteiger partial charge in [0.25, 0.3) is 0 Å². The second kappa shape index (κ2) is 30.0. The molecule has 0 aliphatic carbocycles. The number of nitrogens with one attached hydrogen (secondary N) is 1. The summed E-state index contributed by atoms with van der Waals surface area (Å²) in [7, 11) is 0.